The fourth-order valence-electron chi connectivity index (χ4n) is 4.34. The Morgan fingerprint density at radius 3 is 2.76 bits per heavy atom. The van der Waals surface area contributed by atoms with Crippen LogP contribution in [0.2, 0.25) is 0 Å². The number of carbonyl (C=O) groups is 1. The van der Waals surface area contributed by atoms with E-state index in [1.807, 2.05) is 12.1 Å². The number of hydrogen-bond donors (Lipinski definition) is 1. The minimum atomic E-state index is -0.879. The summed E-state index contributed by atoms with van der Waals surface area (Å²) in [4.78, 5) is 21.1. The predicted molar refractivity (Wildman–Crippen MR) is 99.6 cm³/mol. The van der Waals surface area contributed by atoms with Crippen LogP contribution >= 0.6 is 0 Å². The summed E-state index contributed by atoms with van der Waals surface area (Å²) in [6, 6.07) is 5.84. The molecule has 1 fully saturated rings. The fraction of sp³-hybridized carbons (Fsp3) is 0.500. The third-order valence-corrected chi connectivity index (χ3v) is 5.82. The average molecular weight is 339 g/mol. The molecule has 0 radical (unpaired) electrons. The van der Waals surface area contributed by atoms with Crippen LogP contribution in [0.3, 0.4) is 0 Å². The molecule has 25 heavy (non-hydrogen) atoms. The largest absolute Gasteiger partial charge is 0.478 e. The van der Waals surface area contributed by atoms with Crippen LogP contribution in [-0.2, 0) is 12.8 Å². The summed E-state index contributed by atoms with van der Waals surface area (Å²) in [6.07, 6.45) is 5.50. The molecule has 132 valence electrons. The number of benzene rings is 1. The number of aromatic nitrogens is 1. The van der Waals surface area contributed by atoms with E-state index in [9.17, 15) is 9.90 Å². The van der Waals surface area contributed by atoms with Crippen molar-refractivity contribution in [1.82, 2.24) is 9.88 Å². The van der Waals surface area contributed by atoms with Gasteiger partial charge in [0.1, 0.15) is 0 Å². The monoisotopic (exact) mass is 339 g/mol. The van der Waals surface area contributed by atoms with Crippen LogP contribution in [-0.4, -0.2) is 54.2 Å². The molecule has 1 saturated heterocycles. The van der Waals surface area contributed by atoms with Crippen LogP contribution in [0.1, 0.15) is 40.9 Å². The first-order valence-electron chi connectivity index (χ1n) is 9.15. The SMILES string of the molecule is CN1CCC(N(C)c2c3c(nc4ccc(C(=O)O)cc24)CCC3)CC1. The molecule has 0 bridgehead atoms. The Morgan fingerprint density at radius 2 is 2.04 bits per heavy atom. The number of carboxylic acids is 1. The zero-order chi connectivity index (χ0) is 17.6. The summed E-state index contributed by atoms with van der Waals surface area (Å²) >= 11 is 0. The predicted octanol–water partition coefficient (Wildman–Crippen LogP) is 2.95. The fourth-order valence-corrected chi connectivity index (χ4v) is 4.34. The van der Waals surface area contributed by atoms with Gasteiger partial charge in [0.25, 0.3) is 0 Å². The van der Waals surface area contributed by atoms with Crippen molar-refractivity contribution >= 4 is 22.6 Å². The lowest BCUT2D eigenvalue weighted by Gasteiger charge is -2.37. The number of aryl methyl sites for hydroxylation is 1. The average Bonchev–Trinajstić information content (AvgIpc) is 3.07. The number of aromatic carboxylic acids is 1. The number of pyridine rings is 1. The summed E-state index contributed by atoms with van der Waals surface area (Å²) in [6.45, 7) is 2.22. The van der Waals surface area contributed by atoms with Gasteiger partial charge in [0.2, 0.25) is 0 Å². The van der Waals surface area contributed by atoms with Crippen LogP contribution in [0.15, 0.2) is 18.2 Å². The number of rotatable bonds is 3. The van der Waals surface area contributed by atoms with Crippen molar-refractivity contribution in [2.75, 3.05) is 32.1 Å². The molecule has 1 aromatic carbocycles. The van der Waals surface area contributed by atoms with Gasteiger partial charge in [0, 0.05) is 24.2 Å². The zero-order valence-corrected chi connectivity index (χ0v) is 15.0. The molecule has 0 atom stereocenters. The highest BCUT2D eigenvalue weighted by Gasteiger charge is 2.27. The van der Waals surface area contributed by atoms with Crippen molar-refractivity contribution in [2.24, 2.45) is 0 Å². The molecule has 1 aromatic heterocycles. The number of piperidine rings is 1. The second-order valence-electron chi connectivity index (χ2n) is 7.42. The third kappa shape index (κ3) is 2.86. The smallest absolute Gasteiger partial charge is 0.335 e. The first kappa shape index (κ1) is 16.3. The standard InChI is InChI=1S/C20H25N3O2/c1-22-10-8-14(9-11-22)23(2)19-15-4-3-5-17(15)21-18-7-6-13(20(24)25)12-16(18)19/h6-7,12,14H,3-5,8-11H2,1-2H3,(H,24,25). The normalized spacial score (nSPS) is 18.5. The van der Waals surface area contributed by atoms with Crippen molar-refractivity contribution < 1.29 is 9.90 Å². The molecule has 0 amide bonds. The van der Waals surface area contributed by atoms with Gasteiger partial charge in [-0.1, -0.05) is 0 Å². The highest BCUT2D eigenvalue weighted by Crippen LogP contribution is 2.38. The van der Waals surface area contributed by atoms with E-state index in [1.54, 1.807) is 6.07 Å². The summed E-state index contributed by atoms with van der Waals surface area (Å²) in [5.41, 5.74) is 5.00. The highest BCUT2D eigenvalue weighted by atomic mass is 16.4. The molecule has 1 aliphatic heterocycles. The maximum Gasteiger partial charge on any atom is 0.335 e. The lowest BCUT2D eigenvalue weighted by atomic mass is 9.99. The van der Waals surface area contributed by atoms with E-state index in [0.717, 1.165) is 56.1 Å². The quantitative estimate of drug-likeness (QED) is 0.932. The maximum absolute atomic E-state index is 11.5. The number of hydrogen-bond acceptors (Lipinski definition) is 4. The molecule has 1 N–H and O–H groups in total. The van der Waals surface area contributed by atoms with Crippen molar-refractivity contribution in [3.05, 3.63) is 35.0 Å². The number of likely N-dealkylation sites (tertiary alicyclic amines) is 1. The molecule has 5 nitrogen and oxygen atoms in total. The van der Waals surface area contributed by atoms with Crippen molar-refractivity contribution in [3.8, 4) is 0 Å². The molecular formula is C20H25N3O2. The first-order chi connectivity index (χ1) is 12.0. The van der Waals surface area contributed by atoms with Crippen LogP contribution in [0.5, 0.6) is 0 Å². The van der Waals surface area contributed by atoms with E-state index in [4.69, 9.17) is 4.98 Å². The summed E-state index contributed by atoms with van der Waals surface area (Å²) in [5.74, 6) is -0.879. The molecular weight excluding hydrogens is 314 g/mol. The molecule has 0 unspecified atom stereocenters. The number of nitrogens with zero attached hydrogens (tertiary/aromatic N) is 3. The van der Waals surface area contributed by atoms with Gasteiger partial charge in [-0.25, -0.2) is 4.79 Å². The highest BCUT2D eigenvalue weighted by molar-refractivity contribution is 5.99. The van der Waals surface area contributed by atoms with E-state index in [1.165, 1.54) is 16.9 Å². The van der Waals surface area contributed by atoms with Gasteiger partial charge in [0.15, 0.2) is 0 Å². The third-order valence-electron chi connectivity index (χ3n) is 5.82. The second-order valence-corrected chi connectivity index (χ2v) is 7.42. The number of carboxylic acid groups (broad SMARTS) is 1. The molecule has 1 aliphatic carbocycles. The Hall–Kier alpha value is -2.14. The van der Waals surface area contributed by atoms with Gasteiger partial charge in [-0.05, 0) is 76.0 Å². The topological polar surface area (TPSA) is 56.7 Å². The van der Waals surface area contributed by atoms with E-state index < -0.39 is 5.97 Å². The number of fused-ring (bicyclic) bond motifs is 2. The zero-order valence-electron chi connectivity index (χ0n) is 15.0. The van der Waals surface area contributed by atoms with Gasteiger partial charge >= 0.3 is 5.97 Å². The van der Waals surface area contributed by atoms with Gasteiger partial charge in [-0.3, -0.25) is 4.98 Å². The van der Waals surface area contributed by atoms with Gasteiger partial charge < -0.3 is 14.9 Å². The lowest BCUT2D eigenvalue weighted by Crippen LogP contribution is -2.42. The minimum Gasteiger partial charge on any atom is -0.478 e. The molecule has 2 heterocycles. The number of anilines is 1. The molecule has 0 spiro atoms. The maximum atomic E-state index is 11.5. The Morgan fingerprint density at radius 1 is 1.28 bits per heavy atom. The Kier molecular flexibility index (Phi) is 4.12. The van der Waals surface area contributed by atoms with Gasteiger partial charge in [0.05, 0.1) is 16.8 Å². The molecule has 0 saturated carbocycles. The van der Waals surface area contributed by atoms with E-state index in [2.05, 4.69) is 23.9 Å². The molecule has 2 aliphatic rings. The van der Waals surface area contributed by atoms with Crippen LogP contribution < -0.4 is 4.90 Å². The van der Waals surface area contributed by atoms with E-state index in [0.29, 0.717) is 11.6 Å². The van der Waals surface area contributed by atoms with E-state index in [-0.39, 0.29) is 0 Å². The Balaban J connectivity index is 1.85. The van der Waals surface area contributed by atoms with E-state index >= 15 is 0 Å². The van der Waals surface area contributed by atoms with Crippen molar-refractivity contribution in [2.45, 2.75) is 38.1 Å². The van der Waals surface area contributed by atoms with Crippen molar-refractivity contribution in [3.63, 3.8) is 0 Å². The van der Waals surface area contributed by atoms with Crippen molar-refractivity contribution in [1.29, 1.82) is 0 Å². The van der Waals surface area contributed by atoms with Gasteiger partial charge in [-0.15, -0.1) is 0 Å². The minimum absolute atomic E-state index is 0.338. The molecule has 5 heteroatoms. The van der Waals surface area contributed by atoms with Crippen LogP contribution in [0.25, 0.3) is 10.9 Å². The van der Waals surface area contributed by atoms with Crippen LogP contribution in [0, 0.1) is 0 Å². The Labute approximate surface area is 148 Å². The van der Waals surface area contributed by atoms with Gasteiger partial charge in [-0.2, -0.15) is 0 Å². The molecule has 4 rings (SSSR count). The molecule has 2 aromatic rings. The second kappa shape index (κ2) is 6.30. The summed E-state index contributed by atoms with van der Waals surface area (Å²) in [5, 5.41) is 10.4. The summed E-state index contributed by atoms with van der Waals surface area (Å²) in [7, 11) is 4.35. The summed E-state index contributed by atoms with van der Waals surface area (Å²) < 4.78 is 0. The Bertz CT molecular complexity index is 825. The first-order valence-corrected chi connectivity index (χ1v) is 9.15. The lowest BCUT2D eigenvalue weighted by molar-refractivity contribution is 0.0697. The van der Waals surface area contributed by atoms with Crippen LogP contribution in [0.4, 0.5) is 5.69 Å².